The number of nitrogens with zero attached hydrogens (tertiary/aromatic N) is 2. The van der Waals surface area contributed by atoms with E-state index in [0.29, 0.717) is 4.68 Å². The van der Waals surface area contributed by atoms with Crippen LogP contribution >= 0.6 is 0 Å². The molecule has 0 spiro atoms. The van der Waals surface area contributed by atoms with Crippen LogP contribution in [0.15, 0.2) is 15.8 Å². The number of aliphatic hydroxyl groups is 2. The van der Waals surface area contributed by atoms with Crippen LogP contribution in [-0.4, -0.2) is 49.5 Å². The van der Waals surface area contributed by atoms with Gasteiger partial charge in [0.1, 0.15) is 12.3 Å². The Morgan fingerprint density at radius 2 is 2.37 bits per heavy atom. The van der Waals surface area contributed by atoms with Gasteiger partial charge in [0.2, 0.25) is 0 Å². The zero-order chi connectivity index (χ0) is 14.2. The van der Waals surface area contributed by atoms with E-state index in [2.05, 4.69) is 5.10 Å². The molecule has 0 saturated carbocycles. The minimum atomic E-state index is -2.08. The first-order valence-electron chi connectivity index (χ1n) is 5.22. The first kappa shape index (κ1) is 13.4. The first-order chi connectivity index (χ1) is 8.95. The zero-order valence-electron chi connectivity index (χ0n) is 9.49. The van der Waals surface area contributed by atoms with Gasteiger partial charge in [-0.15, -0.1) is 6.42 Å². The number of nitrogens with one attached hydrogen (secondary N) is 1. The van der Waals surface area contributed by atoms with Crippen molar-refractivity contribution in [2.24, 2.45) is 0 Å². The highest BCUT2D eigenvalue weighted by atomic mass is 19.1. The lowest BCUT2D eigenvalue weighted by atomic mass is 9.98. The summed E-state index contributed by atoms with van der Waals surface area (Å²) in [5, 5.41) is 22.2. The molecule has 1 fully saturated rings. The van der Waals surface area contributed by atoms with Crippen LogP contribution in [0, 0.1) is 12.3 Å². The predicted molar refractivity (Wildman–Crippen MR) is 58.8 cm³/mol. The van der Waals surface area contributed by atoms with Crippen LogP contribution in [0.1, 0.15) is 6.23 Å². The highest BCUT2D eigenvalue weighted by Crippen LogP contribution is 2.37. The molecular formula is C10H10FN3O5. The van der Waals surface area contributed by atoms with Gasteiger partial charge in [0.15, 0.2) is 18.0 Å². The van der Waals surface area contributed by atoms with Crippen molar-refractivity contribution in [2.75, 3.05) is 6.61 Å². The van der Waals surface area contributed by atoms with Crippen molar-refractivity contribution >= 4 is 0 Å². The van der Waals surface area contributed by atoms with E-state index in [-0.39, 0.29) is 0 Å². The Morgan fingerprint density at radius 3 is 2.84 bits per heavy atom. The first-order valence-corrected chi connectivity index (χ1v) is 5.22. The molecule has 8 nitrogen and oxygen atoms in total. The zero-order valence-corrected chi connectivity index (χ0v) is 9.49. The maximum atomic E-state index is 13.9. The SMILES string of the molecule is C#CC1(CO)OC(n2ncc(=O)[nH]c2=O)C(F)C1O. The van der Waals surface area contributed by atoms with E-state index in [4.69, 9.17) is 16.3 Å². The summed E-state index contributed by atoms with van der Waals surface area (Å²) < 4.78 is 19.5. The van der Waals surface area contributed by atoms with E-state index in [1.54, 1.807) is 0 Å². The molecule has 1 aliphatic rings. The Labute approximate surface area is 105 Å². The Balaban J connectivity index is 2.46. The lowest BCUT2D eigenvalue weighted by Crippen LogP contribution is -2.44. The van der Waals surface area contributed by atoms with Gasteiger partial charge < -0.3 is 14.9 Å². The van der Waals surface area contributed by atoms with E-state index in [9.17, 15) is 19.1 Å². The predicted octanol–water partition coefficient (Wildman–Crippen LogP) is -2.48. The van der Waals surface area contributed by atoms with Crippen molar-refractivity contribution in [1.82, 2.24) is 14.8 Å². The largest absolute Gasteiger partial charge is 0.392 e. The number of ether oxygens (including phenoxy) is 1. The van der Waals surface area contributed by atoms with E-state index in [1.807, 2.05) is 10.9 Å². The second kappa shape index (κ2) is 4.58. The number of H-pyrrole nitrogens is 1. The topological polar surface area (TPSA) is 117 Å². The van der Waals surface area contributed by atoms with Gasteiger partial charge in [-0.25, -0.2) is 9.18 Å². The van der Waals surface area contributed by atoms with Gasteiger partial charge >= 0.3 is 5.69 Å². The standard InChI is InChI=1S/C10H10FN3O5/c1-2-10(4-15)7(17)6(11)8(19-10)14-9(18)13-5(16)3-12-14/h1,3,6-8,15,17H,4H2,(H,13,16,18). The Hall–Kier alpha value is -2.02. The number of rotatable bonds is 2. The average Bonchev–Trinajstić information content (AvgIpc) is 2.64. The molecule has 1 aliphatic heterocycles. The van der Waals surface area contributed by atoms with E-state index < -0.39 is 42.0 Å². The van der Waals surface area contributed by atoms with Crippen LogP contribution in [0.4, 0.5) is 4.39 Å². The summed E-state index contributed by atoms with van der Waals surface area (Å²) in [6.45, 7) is -0.834. The summed E-state index contributed by atoms with van der Waals surface area (Å²) in [6, 6.07) is 0. The van der Waals surface area contributed by atoms with Crippen molar-refractivity contribution < 1.29 is 19.3 Å². The second-order valence-electron chi connectivity index (χ2n) is 3.97. The van der Waals surface area contributed by atoms with Gasteiger partial charge in [0.05, 0.1) is 6.61 Å². The van der Waals surface area contributed by atoms with E-state index in [0.717, 1.165) is 6.20 Å². The molecular weight excluding hydrogens is 261 g/mol. The van der Waals surface area contributed by atoms with Crippen LogP contribution in [-0.2, 0) is 4.74 Å². The highest BCUT2D eigenvalue weighted by Gasteiger charge is 2.55. The minimum absolute atomic E-state index is 0.504. The van der Waals surface area contributed by atoms with Gasteiger partial charge in [-0.1, -0.05) is 5.92 Å². The number of aromatic nitrogens is 3. The lowest BCUT2D eigenvalue weighted by molar-refractivity contribution is -0.0963. The maximum absolute atomic E-state index is 13.9. The number of hydrogen-bond acceptors (Lipinski definition) is 6. The maximum Gasteiger partial charge on any atom is 0.347 e. The smallest absolute Gasteiger partial charge is 0.347 e. The lowest BCUT2D eigenvalue weighted by Gasteiger charge is -2.22. The molecule has 0 amide bonds. The van der Waals surface area contributed by atoms with Gasteiger partial charge in [0.25, 0.3) is 5.56 Å². The summed E-state index contributed by atoms with van der Waals surface area (Å²) in [6.07, 6.45) is 0.310. The molecule has 4 unspecified atom stereocenters. The van der Waals surface area contributed by atoms with Crippen molar-refractivity contribution in [3.63, 3.8) is 0 Å². The Morgan fingerprint density at radius 1 is 1.68 bits per heavy atom. The number of terminal acetylenes is 1. The molecule has 4 atom stereocenters. The number of hydrogen-bond donors (Lipinski definition) is 3. The van der Waals surface area contributed by atoms with Crippen molar-refractivity contribution in [1.29, 1.82) is 0 Å². The molecule has 0 aromatic carbocycles. The van der Waals surface area contributed by atoms with Crippen molar-refractivity contribution in [3.8, 4) is 12.3 Å². The molecule has 2 heterocycles. The van der Waals surface area contributed by atoms with E-state index >= 15 is 0 Å². The normalized spacial score (nSPS) is 34.1. The molecule has 102 valence electrons. The molecule has 0 bridgehead atoms. The fourth-order valence-corrected chi connectivity index (χ4v) is 1.79. The number of halogens is 1. The molecule has 9 heteroatoms. The summed E-state index contributed by atoms with van der Waals surface area (Å²) >= 11 is 0. The molecule has 1 aromatic heterocycles. The van der Waals surface area contributed by atoms with Crippen LogP contribution in [0.3, 0.4) is 0 Å². The van der Waals surface area contributed by atoms with Crippen LogP contribution in [0.25, 0.3) is 0 Å². The summed E-state index contributed by atoms with van der Waals surface area (Å²) in [5.74, 6) is 1.96. The molecule has 1 aromatic rings. The van der Waals surface area contributed by atoms with Gasteiger partial charge in [-0.05, 0) is 0 Å². The monoisotopic (exact) mass is 271 g/mol. The number of aliphatic hydroxyl groups excluding tert-OH is 2. The van der Waals surface area contributed by atoms with E-state index in [1.165, 1.54) is 0 Å². The third-order valence-electron chi connectivity index (χ3n) is 2.84. The molecule has 0 aliphatic carbocycles. The third-order valence-corrected chi connectivity index (χ3v) is 2.84. The summed E-state index contributed by atoms with van der Waals surface area (Å²) in [7, 11) is 0. The molecule has 1 saturated heterocycles. The van der Waals surface area contributed by atoms with Crippen molar-refractivity contribution in [2.45, 2.75) is 24.1 Å². The van der Waals surface area contributed by atoms with Crippen LogP contribution in [0.2, 0.25) is 0 Å². The highest BCUT2D eigenvalue weighted by molar-refractivity contribution is 5.18. The summed E-state index contributed by atoms with van der Waals surface area (Å²) in [5.41, 5.74) is -3.74. The second-order valence-corrected chi connectivity index (χ2v) is 3.97. The Bertz CT molecular complexity index is 635. The van der Waals surface area contributed by atoms with Crippen molar-refractivity contribution in [3.05, 3.63) is 27.0 Å². The molecule has 19 heavy (non-hydrogen) atoms. The Kier molecular flexibility index (Phi) is 3.23. The quantitative estimate of drug-likeness (QED) is 0.513. The molecule has 3 N–H and O–H groups in total. The van der Waals surface area contributed by atoms with Crippen LogP contribution < -0.4 is 11.2 Å². The number of aromatic amines is 1. The number of alkyl halides is 1. The van der Waals surface area contributed by atoms with Gasteiger partial charge in [-0.2, -0.15) is 9.78 Å². The minimum Gasteiger partial charge on any atom is -0.392 e. The van der Waals surface area contributed by atoms with Gasteiger partial charge in [0, 0.05) is 0 Å². The molecule has 0 radical (unpaired) electrons. The third kappa shape index (κ3) is 1.95. The average molecular weight is 271 g/mol. The van der Waals surface area contributed by atoms with Gasteiger partial charge in [-0.3, -0.25) is 9.78 Å². The fraction of sp³-hybridized carbons (Fsp3) is 0.500. The molecule has 2 rings (SSSR count). The fourth-order valence-electron chi connectivity index (χ4n) is 1.79. The summed E-state index contributed by atoms with van der Waals surface area (Å²) in [4.78, 5) is 24.2. The van der Waals surface area contributed by atoms with Crippen LogP contribution in [0.5, 0.6) is 0 Å².